The molecule has 0 radical (unpaired) electrons. The van der Waals surface area contributed by atoms with Gasteiger partial charge >= 0.3 is 11.9 Å². The monoisotopic (exact) mass is 322 g/mol. The number of hydrogen-bond acceptors (Lipinski definition) is 5. The fourth-order valence-electron chi connectivity index (χ4n) is 3.37. The van der Waals surface area contributed by atoms with E-state index in [4.69, 9.17) is 15.6 Å². The van der Waals surface area contributed by atoms with Crippen LogP contribution in [-0.4, -0.2) is 41.6 Å². The van der Waals surface area contributed by atoms with Gasteiger partial charge in [0.1, 0.15) is 6.04 Å². The number of fused-ring (bicyclic) bond motifs is 1. The second-order valence-corrected chi connectivity index (χ2v) is 6.41. The van der Waals surface area contributed by atoms with Crippen LogP contribution in [0.5, 0.6) is 0 Å². The minimum Gasteiger partial charge on any atom is -0.480 e. The van der Waals surface area contributed by atoms with Gasteiger partial charge in [0.15, 0.2) is 0 Å². The van der Waals surface area contributed by atoms with Gasteiger partial charge in [-0.25, -0.2) is 4.79 Å². The molecule has 3 atom stereocenters. The zero-order chi connectivity index (χ0) is 17.0. The van der Waals surface area contributed by atoms with Gasteiger partial charge in [0, 0.05) is 24.9 Å². The molecule has 2 rings (SSSR count). The molecule has 128 valence electrons. The van der Waals surface area contributed by atoms with Crippen LogP contribution in [0.15, 0.2) is 23.5 Å². The summed E-state index contributed by atoms with van der Waals surface area (Å²) in [4.78, 5) is 24.8. The van der Waals surface area contributed by atoms with E-state index < -0.39 is 12.0 Å². The van der Waals surface area contributed by atoms with Crippen molar-refractivity contribution in [3.05, 3.63) is 23.5 Å². The van der Waals surface area contributed by atoms with Crippen LogP contribution < -0.4 is 5.73 Å². The highest BCUT2D eigenvalue weighted by molar-refractivity contribution is 5.90. The Balaban J connectivity index is 1.96. The number of carboxylic acids is 1. The van der Waals surface area contributed by atoms with E-state index >= 15 is 0 Å². The quantitative estimate of drug-likeness (QED) is 0.549. The molecule has 3 unspecified atom stereocenters. The number of nitrogens with zero attached hydrogens (tertiary/aromatic N) is 1. The van der Waals surface area contributed by atoms with Crippen LogP contribution in [0.3, 0.4) is 0 Å². The van der Waals surface area contributed by atoms with E-state index in [2.05, 4.69) is 13.1 Å². The average Bonchev–Trinajstić information content (AvgIpc) is 2.91. The molecule has 1 heterocycles. The molecule has 0 bridgehead atoms. The topological polar surface area (TPSA) is 92.9 Å². The number of methoxy groups -OCH3 is 1. The maximum absolute atomic E-state index is 12.0. The van der Waals surface area contributed by atoms with Gasteiger partial charge in [-0.3, -0.25) is 4.79 Å². The smallest absolute Gasteiger partial charge is 0.335 e. The van der Waals surface area contributed by atoms with E-state index in [-0.39, 0.29) is 11.9 Å². The molecule has 1 aliphatic heterocycles. The van der Waals surface area contributed by atoms with E-state index in [0.717, 1.165) is 37.8 Å². The number of carbonyl (C=O) groups is 2. The number of carboxylic acid groups (broad SMARTS) is 1. The summed E-state index contributed by atoms with van der Waals surface area (Å²) in [6.07, 6.45) is 8.15. The van der Waals surface area contributed by atoms with Crippen LogP contribution in [-0.2, 0) is 14.3 Å². The number of carbonyl (C=O) groups excluding carboxylic acids is 1. The molecule has 0 amide bonds. The van der Waals surface area contributed by atoms with Crippen molar-refractivity contribution >= 4 is 11.9 Å². The highest BCUT2D eigenvalue weighted by Gasteiger charge is 2.36. The lowest BCUT2D eigenvalue weighted by Gasteiger charge is -2.28. The van der Waals surface area contributed by atoms with Crippen molar-refractivity contribution in [3.63, 3.8) is 0 Å². The fourth-order valence-corrected chi connectivity index (χ4v) is 3.37. The number of allylic oxidation sites excluding steroid dienone is 1. The lowest BCUT2D eigenvalue weighted by Crippen LogP contribution is -2.30. The largest absolute Gasteiger partial charge is 0.480 e. The Morgan fingerprint density at radius 1 is 1.39 bits per heavy atom. The van der Waals surface area contributed by atoms with Crippen LogP contribution >= 0.6 is 0 Å². The predicted molar refractivity (Wildman–Crippen MR) is 86.2 cm³/mol. The van der Waals surface area contributed by atoms with Crippen molar-refractivity contribution in [2.45, 2.75) is 45.1 Å². The number of ether oxygens (including phenoxy) is 1. The van der Waals surface area contributed by atoms with Gasteiger partial charge in [-0.05, 0) is 43.6 Å². The van der Waals surface area contributed by atoms with E-state index in [9.17, 15) is 9.59 Å². The summed E-state index contributed by atoms with van der Waals surface area (Å²) in [5.41, 5.74) is 7.54. The molecule has 0 aromatic rings. The second-order valence-electron chi connectivity index (χ2n) is 6.41. The number of unbranched alkanes of at least 4 members (excludes halogenated alkanes) is 1. The molecule has 0 aromatic heterocycles. The Morgan fingerprint density at radius 3 is 2.78 bits per heavy atom. The zero-order valence-corrected chi connectivity index (χ0v) is 13.8. The molecular weight excluding hydrogens is 296 g/mol. The normalized spacial score (nSPS) is 24.6. The number of rotatable bonds is 7. The Kier molecular flexibility index (Phi) is 5.82. The maximum atomic E-state index is 12.0. The first-order valence-corrected chi connectivity index (χ1v) is 8.19. The molecule has 0 spiro atoms. The van der Waals surface area contributed by atoms with Crippen molar-refractivity contribution in [3.8, 4) is 0 Å². The highest BCUT2D eigenvalue weighted by Crippen LogP contribution is 2.43. The lowest BCUT2D eigenvalue weighted by atomic mass is 9.89. The van der Waals surface area contributed by atoms with Crippen LogP contribution in [0, 0.1) is 11.8 Å². The Labute approximate surface area is 137 Å². The maximum Gasteiger partial charge on any atom is 0.335 e. The highest BCUT2D eigenvalue weighted by atomic mass is 16.5. The summed E-state index contributed by atoms with van der Waals surface area (Å²) < 4.78 is 4.92. The number of hydrogen-bond donors (Lipinski definition) is 2. The molecule has 0 aromatic carbocycles. The van der Waals surface area contributed by atoms with Gasteiger partial charge in [0.2, 0.25) is 0 Å². The number of nitrogens with two attached hydrogens (primary N) is 1. The lowest BCUT2D eigenvalue weighted by molar-refractivity contribution is -0.139. The standard InChI is InChI=1S/C17H26N2O4/c1-11-6-7-12-13(11)9-19(10-14(12)17(22)23-2)8-4-3-5-15(18)16(20)21/h9-12,15H,3-8,18H2,1-2H3,(H,20,21). The summed E-state index contributed by atoms with van der Waals surface area (Å²) in [7, 11) is 1.41. The molecular formula is C17H26N2O4. The fraction of sp³-hybridized carbons (Fsp3) is 0.647. The molecule has 1 fully saturated rings. The predicted octanol–water partition coefficient (Wildman–Crippen LogP) is 1.87. The third kappa shape index (κ3) is 4.13. The van der Waals surface area contributed by atoms with Gasteiger partial charge in [0.05, 0.1) is 12.7 Å². The van der Waals surface area contributed by atoms with Gasteiger partial charge < -0.3 is 20.5 Å². The minimum atomic E-state index is -0.958. The van der Waals surface area contributed by atoms with Crippen LogP contribution in [0.1, 0.15) is 39.0 Å². The van der Waals surface area contributed by atoms with Crippen molar-refractivity contribution in [2.24, 2.45) is 17.6 Å². The van der Waals surface area contributed by atoms with E-state index in [0.29, 0.717) is 12.3 Å². The molecule has 6 nitrogen and oxygen atoms in total. The van der Waals surface area contributed by atoms with E-state index in [1.54, 1.807) is 0 Å². The molecule has 2 aliphatic rings. The summed E-state index contributed by atoms with van der Waals surface area (Å²) in [6.45, 7) is 2.94. The van der Waals surface area contributed by atoms with Gasteiger partial charge in [-0.15, -0.1) is 0 Å². The first kappa shape index (κ1) is 17.5. The Morgan fingerprint density at radius 2 is 2.13 bits per heavy atom. The van der Waals surface area contributed by atoms with Gasteiger partial charge in [-0.2, -0.15) is 0 Å². The van der Waals surface area contributed by atoms with E-state index in [1.807, 2.05) is 11.1 Å². The summed E-state index contributed by atoms with van der Waals surface area (Å²) in [5.74, 6) is -0.543. The first-order valence-electron chi connectivity index (χ1n) is 8.19. The average molecular weight is 322 g/mol. The molecule has 6 heteroatoms. The number of aliphatic carboxylic acids is 1. The first-order chi connectivity index (χ1) is 10.9. The third-order valence-corrected chi connectivity index (χ3v) is 4.77. The summed E-state index contributed by atoms with van der Waals surface area (Å²) >= 11 is 0. The summed E-state index contributed by atoms with van der Waals surface area (Å²) in [5, 5.41) is 8.78. The molecule has 23 heavy (non-hydrogen) atoms. The van der Waals surface area contributed by atoms with Crippen molar-refractivity contribution < 1.29 is 19.4 Å². The van der Waals surface area contributed by atoms with E-state index in [1.165, 1.54) is 12.7 Å². The van der Waals surface area contributed by atoms with Gasteiger partial charge in [0.25, 0.3) is 0 Å². The second kappa shape index (κ2) is 7.64. The van der Waals surface area contributed by atoms with Gasteiger partial charge in [-0.1, -0.05) is 6.92 Å². The summed E-state index contributed by atoms with van der Waals surface area (Å²) in [6, 6.07) is -0.796. The molecule has 0 saturated heterocycles. The zero-order valence-electron chi connectivity index (χ0n) is 13.8. The molecule has 1 saturated carbocycles. The Hall–Kier alpha value is -1.82. The van der Waals surface area contributed by atoms with Crippen molar-refractivity contribution in [1.29, 1.82) is 0 Å². The number of esters is 1. The van der Waals surface area contributed by atoms with Crippen LogP contribution in [0.2, 0.25) is 0 Å². The van der Waals surface area contributed by atoms with Crippen LogP contribution in [0.25, 0.3) is 0 Å². The Bertz CT molecular complexity index is 527. The molecule has 1 aliphatic carbocycles. The third-order valence-electron chi connectivity index (χ3n) is 4.77. The minimum absolute atomic E-state index is 0.189. The van der Waals surface area contributed by atoms with Crippen LogP contribution in [0.4, 0.5) is 0 Å². The van der Waals surface area contributed by atoms with Crippen molar-refractivity contribution in [2.75, 3.05) is 13.7 Å². The molecule has 3 N–H and O–H groups in total. The SMILES string of the molecule is COC(=O)C1=CN(CCCCC(N)C(=O)O)C=C2C(C)CCC12. The van der Waals surface area contributed by atoms with Crippen molar-refractivity contribution in [1.82, 2.24) is 4.90 Å².